The number of carbonyl (C=O) groups excluding carboxylic acids is 1. The molecule has 0 saturated heterocycles. The van der Waals surface area contributed by atoms with Crippen molar-refractivity contribution in [3.8, 4) is 11.5 Å². The van der Waals surface area contributed by atoms with Crippen LogP contribution in [0.15, 0.2) is 47.7 Å². The van der Waals surface area contributed by atoms with Crippen LogP contribution in [0.3, 0.4) is 0 Å². The second kappa shape index (κ2) is 9.24. The Morgan fingerprint density at radius 1 is 1.27 bits per heavy atom. The van der Waals surface area contributed by atoms with E-state index in [0.29, 0.717) is 41.7 Å². The molecule has 0 radical (unpaired) electrons. The number of allylic oxidation sites excluding steroid dienone is 1. The Labute approximate surface area is 200 Å². The van der Waals surface area contributed by atoms with Crippen molar-refractivity contribution in [2.45, 2.75) is 19.9 Å². The number of hydrogen-bond donors (Lipinski definition) is 1. The van der Waals surface area contributed by atoms with Gasteiger partial charge in [0.15, 0.2) is 16.6 Å². The summed E-state index contributed by atoms with van der Waals surface area (Å²) in [6.45, 7) is 4.47. The van der Waals surface area contributed by atoms with E-state index < -0.39 is 16.9 Å². The molecular weight excluding hydrogens is 470 g/mol. The van der Waals surface area contributed by atoms with Gasteiger partial charge in [-0.15, -0.1) is 0 Å². The molecule has 4 rings (SSSR count). The van der Waals surface area contributed by atoms with Crippen LogP contribution in [0.5, 0.6) is 11.5 Å². The summed E-state index contributed by atoms with van der Waals surface area (Å²) in [5.74, 6) is 0.602. The highest BCUT2D eigenvalue weighted by molar-refractivity contribution is 7.80. The fourth-order valence-electron chi connectivity index (χ4n) is 3.80. The first kappa shape index (κ1) is 22.8. The molecule has 0 unspecified atom stereocenters. The molecule has 0 aliphatic carbocycles. The lowest BCUT2D eigenvalue weighted by Crippen LogP contribution is -2.48. The summed E-state index contributed by atoms with van der Waals surface area (Å²) in [4.78, 5) is 25.5. The van der Waals surface area contributed by atoms with E-state index in [1.165, 1.54) is 18.2 Å². The largest absolute Gasteiger partial charge is 0.486 e. The second-order valence-electron chi connectivity index (χ2n) is 7.23. The van der Waals surface area contributed by atoms with Crippen LogP contribution < -0.4 is 19.7 Å². The fourth-order valence-corrected chi connectivity index (χ4v) is 4.38. The van der Waals surface area contributed by atoms with E-state index >= 15 is 0 Å². The van der Waals surface area contributed by atoms with Crippen molar-refractivity contribution < 1.29 is 23.9 Å². The smallest absolute Gasteiger partial charge is 0.338 e. The van der Waals surface area contributed by atoms with Crippen molar-refractivity contribution in [3.05, 3.63) is 68.4 Å². The van der Waals surface area contributed by atoms with Crippen molar-refractivity contribution in [2.24, 2.45) is 0 Å². The van der Waals surface area contributed by atoms with Gasteiger partial charge in [-0.1, -0.05) is 11.6 Å². The highest BCUT2D eigenvalue weighted by Gasteiger charge is 2.37. The van der Waals surface area contributed by atoms with Crippen LogP contribution in [-0.2, 0) is 9.53 Å². The summed E-state index contributed by atoms with van der Waals surface area (Å²) >= 11 is 12.0. The molecule has 2 heterocycles. The van der Waals surface area contributed by atoms with E-state index in [0.717, 1.165) is 0 Å². The molecule has 2 aliphatic heterocycles. The zero-order chi connectivity index (χ0) is 23.7. The van der Waals surface area contributed by atoms with Gasteiger partial charge in [-0.05, 0) is 44.3 Å². The van der Waals surface area contributed by atoms with Gasteiger partial charge in [-0.2, -0.15) is 0 Å². The van der Waals surface area contributed by atoms with Crippen LogP contribution in [-0.4, -0.2) is 35.8 Å². The van der Waals surface area contributed by atoms with Crippen molar-refractivity contribution in [3.63, 3.8) is 0 Å². The molecule has 2 aromatic rings. The predicted octanol–water partition coefficient (Wildman–Crippen LogP) is 4.29. The summed E-state index contributed by atoms with van der Waals surface area (Å²) < 4.78 is 16.6. The Balaban J connectivity index is 1.84. The number of benzene rings is 2. The molecule has 33 heavy (non-hydrogen) atoms. The van der Waals surface area contributed by atoms with Crippen LogP contribution in [0.25, 0.3) is 0 Å². The minimum Gasteiger partial charge on any atom is -0.486 e. The number of hydrogen-bond acceptors (Lipinski definition) is 7. The highest BCUT2D eigenvalue weighted by atomic mass is 35.5. The molecule has 0 spiro atoms. The molecule has 0 aromatic heterocycles. The first-order chi connectivity index (χ1) is 15.8. The van der Waals surface area contributed by atoms with E-state index in [1.807, 2.05) is 0 Å². The SMILES string of the molecule is CCOC(=O)C1=C(C)N(c2ccc3c(c2)OCCO3)C(=S)N[C@@H]1c1cc([N+](=O)[O-])ccc1Cl. The number of carbonyl (C=O) groups is 1. The maximum absolute atomic E-state index is 13.0. The molecule has 1 N–H and O–H groups in total. The van der Waals surface area contributed by atoms with E-state index in [-0.39, 0.29) is 28.0 Å². The number of anilines is 1. The number of nitrogens with zero attached hydrogens (tertiary/aromatic N) is 2. The summed E-state index contributed by atoms with van der Waals surface area (Å²) in [6.07, 6.45) is 0. The van der Waals surface area contributed by atoms with Crippen molar-refractivity contribution >= 4 is 46.3 Å². The van der Waals surface area contributed by atoms with E-state index in [2.05, 4.69) is 5.32 Å². The number of ether oxygens (including phenoxy) is 3. The molecule has 0 bridgehead atoms. The average Bonchev–Trinajstić information content (AvgIpc) is 2.79. The van der Waals surface area contributed by atoms with E-state index in [1.54, 1.807) is 36.9 Å². The van der Waals surface area contributed by atoms with Crippen LogP contribution in [0.1, 0.15) is 25.5 Å². The van der Waals surface area contributed by atoms with Crippen molar-refractivity contribution in [2.75, 3.05) is 24.7 Å². The Morgan fingerprint density at radius 3 is 2.70 bits per heavy atom. The quantitative estimate of drug-likeness (QED) is 0.285. The predicted molar refractivity (Wildman–Crippen MR) is 126 cm³/mol. The second-order valence-corrected chi connectivity index (χ2v) is 8.02. The molecule has 0 fully saturated rings. The number of nitro benzene ring substituents is 1. The lowest BCUT2D eigenvalue weighted by Gasteiger charge is -2.38. The maximum Gasteiger partial charge on any atom is 0.338 e. The third-order valence-electron chi connectivity index (χ3n) is 5.27. The fraction of sp³-hybridized carbons (Fsp3) is 0.273. The third kappa shape index (κ3) is 4.31. The highest BCUT2D eigenvalue weighted by Crippen LogP contribution is 2.40. The molecule has 1 atom stereocenters. The first-order valence-electron chi connectivity index (χ1n) is 10.1. The summed E-state index contributed by atoms with van der Waals surface area (Å²) in [5.41, 5.74) is 1.58. The van der Waals surface area contributed by atoms with Crippen LogP contribution in [0, 0.1) is 10.1 Å². The van der Waals surface area contributed by atoms with Gasteiger partial charge in [0, 0.05) is 34.5 Å². The van der Waals surface area contributed by atoms with Crippen molar-refractivity contribution in [1.29, 1.82) is 0 Å². The molecular formula is C22H20ClN3O6S. The van der Waals surface area contributed by atoms with Gasteiger partial charge in [0.2, 0.25) is 0 Å². The topological polar surface area (TPSA) is 103 Å². The molecule has 9 nitrogen and oxygen atoms in total. The Morgan fingerprint density at radius 2 is 2.00 bits per heavy atom. The minimum absolute atomic E-state index is 0.152. The van der Waals surface area contributed by atoms with Gasteiger partial charge < -0.3 is 19.5 Å². The number of thiocarbonyl (C=S) groups is 1. The van der Waals surface area contributed by atoms with E-state index in [4.69, 9.17) is 38.0 Å². The lowest BCUT2D eigenvalue weighted by molar-refractivity contribution is -0.384. The average molecular weight is 490 g/mol. The first-order valence-corrected chi connectivity index (χ1v) is 10.9. The van der Waals surface area contributed by atoms with Crippen LogP contribution >= 0.6 is 23.8 Å². The molecule has 0 saturated carbocycles. The molecule has 172 valence electrons. The normalized spacial score (nSPS) is 17.5. The summed E-state index contributed by atoms with van der Waals surface area (Å²) in [7, 11) is 0. The number of nitro groups is 1. The molecule has 2 aliphatic rings. The van der Waals surface area contributed by atoms with Crippen molar-refractivity contribution in [1.82, 2.24) is 5.32 Å². The molecule has 11 heteroatoms. The number of fused-ring (bicyclic) bond motifs is 1. The zero-order valence-corrected chi connectivity index (χ0v) is 19.4. The monoisotopic (exact) mass is 489 g/mol. The summed E-state index contributed by atoms with van der Waals surface area (Å²) in [5, 5.41) is 15.0. The molecule has 2 aromatic carbocycles. The lowest BCUT2D eigenvalue weighted by atomic mass is 9.94. The van der Waals surface area contributed by atoms with E-state index in [9.17, 15) is 14.9 Å². The van der Waals surface area contributed by atoms with Crippen LogP contribution in [0.4, 0.5) is 11.4 Å². The van der Waals surface area contributed by atoms with Gasteiger partial charge in [0.25, 0.3) is 5.69 Å². The Hall–Kier alpha value is -3.37. The number of esters is 1. The Kier molecular flexibility index (Phi) is 6.39. The van der Waals surface area contributed by atoms with Crippen LogP contribution in [0.2, 0.25) is 5.02 Å². The van der Waals surface area contributed by atoms with Gasteiger partial charge in [0.1, 0.15) is 13.2 Å². The molecule has 0 amide bonds. The van der Waals surface area contributed by atoms with Gasteiger partial charge in [-0.25, -0.2) is 4.79 Å². The number of rotatable bonds is 5. The number of non-ortho nitro benzene ring substituents is 1. The van der Waals surface area contributed by atoms with Gasteiger partial charge >= 0.3 is 5.97 Å². The number of halogens is 1. The standard InChI is InChI=1S/C22H20ClN3O6S/c1-3-30-21(27)19-12(2)25(13-5-7-17-18(11-13)32-9-8-31-17)22(33)24-20(19)15-10-14(26(28)29)4-6-16(15)23/h4-7,10-11,20H,3,8-9H2,1-2H3,(H,24,33)/t20-/m1/s1. The zero-order valence-electron chi connectivity index (χ0n) is 17.8. The van der Waals surface area contributed by atoms with Gasteiger partial charge in [-0.3, -0.25) is 15.0 Å². The maximum atomic E-state index is 13.0. The number of nitrogens with one attached hydrogen (secondary N) is 1. The minimum atomic E-state index is -0.836. The Bertz CT molecular complexity index is 1180. The third-order valence-corrected chi connectivity index (χ3v) is 5.91. The summed E-state index contributed by atoms with van der Waals surface area (Å²) in [6, 6.07) is 8.56. The van der Waals surface area contributed by atoms with Gasteiger partial charge in [0.05, 0.1) is 28.8 Å².